The van der Waals surface area contributed by atoms with E-state index in [1.807, 2.05) is 14.1 Å². The first-order valence-corrected chi connectivity index (χ1v) is 4.51. The molecule has 84 valence electrons. The normalized spacial score (nSPS) is 11.9. The summed E-state index contributed by atoms with van der Waals surface area (Å²) >= 11 is 0. The molecule has 1 heterocycles. The number of nitrogens with one attached hydrogen (secondary N) is 1. The molecule has 1 rings (SSSR count). The Morgan fingerprint density at radius 2 is 2.33 bits per heavy atom. The van der Waals surface area contributed by atoms with Crippen LogP contribution in [0, 0.1) is 0 Å². The highest BCUT2D eigenvalue weighted by atomic mass is 16.5. The van der Waals surface area contributed by atoms with Gasteiger partial charge in [-0.2, -0.15) is 5.01 Å². The Kier molecular flexibility index (Phi) is 3.62. The smallest absolute Gasteiger partial charge is 0.328 e. The predicted molar refractivity (Wildman–Crippen MR) is 52.3 cm³/mol. The molecular formula is C8H15N5O2. The van der Waals surface area contributed by atoms with Crippen molar-refractivity contribution in [3.8, 4) is 0 Å². The number of aromatic nitrogens is 2. The van der Waals surface area contributed by atoms with Crippen LogP contribution in [0.3, 0.4) is 0 Å². The summed E-state index contributed by atoms with van der Waals surface area (Å²) in [7, 11) is 5.43. The summed E-state index contributed by atoms with van der Waals surface area (Å²) in [5, 5.41) is 19.3. The van der Waals surface area contributed by atoms with Crippen molar-refractivity contribution in [2.75, 3.05) is 26.2 Å². The molecule has 0 fully saturated rings. The van der Waals surface area contributed by atoms with Crippen molar-refractivity contribution in [1.82, 2.24) is 10.6 Å². The van der Waals surface area contributed by atoms with Crippen LogP contribution in [0.15, 0.2) is 9.52 Å². The molecule has 7 nitrogen and oxygen atoms in total. The highest BCUT2D eigenvalue weighted by Gasteiger charge is 2.25. The molecule has 1 aromatic heterocycles. The summed E-state index contributed by atoms with van der Waals surface area (Å²) in [6.45, 7) is 1.89. The standard InChI is InChI=1S/C8H15N5O2/c1-6(14)10-8-7(5-9-2)13(11-15-8)12(3)4/h9H,5H2,1-4H3. The lowest BCUT2D eigenvalue weighted by Crippen LogP contribution is -2.57. The molecule has 0 saturated heterocycles. The lowest BCUT2D eigenvalue weighted by atomic mass is 10.4. The molecule has 0 amide bonds. The highest BCUT2D eigenvalue weighted by Crippen LogP contribution is 2.13. The minimum atomic E-state index is -0.311. The fourth-order valence-corrected chi connectivity index (χ4v) is 1.12. The predicted octanol–water partition coefficient (Wildman–Crippen LogP) is -1.71. The Morgan fingerprint density at radius 3 is 2.80 bits per heavy atom. The van der Waals surface area contributed by atoms with E-state index in [2.05, 4.69) is 15.6 Å². The molecule has 0 aliphatic carbocycles. The van der Waals surface area contributed by atoms with E-state index >= 15 is 0 Å². The molecule has 0 bridgehead atoms. The first-order chi connectivity index (χ1) is 7.06. The SMILES string of the molecule is CNCc1c(/N=C(/C)[O-])on[n+]1N(C)C. The van der Waals surface area contributed by atoms with E-state index in [4.69, 9.17) is 4.52 Å². The van der Waals surface area contributed by atoms with E-state index < -0.39 is 0 Å². The lowest BCUT2D eigenvalue weighted by Gasteiger charge is -2.01. The summed E-state index contributed by atoms with van der Waals surface area (Å²) in [5.41, 5.74) is 0.706. The van der Waals surface area contributed by atoms with Crippen LogP contribution in [0.2, 0.25) is 0 Å². The van der Waals surface area contributed by atoms with E-state index in [0.29, 0.717) is 12.2 Å². The zero-order valence-corrected chi connectivity index (χ0v) is 9.31. The van der Waals surface area contributed by atoms with Crippen molar-refractivity contribution in [2.45, 2.75) is 13.5 Å². The summed E-state index contributed by atoms with van der Waals surface area (Å²) in [5.74, 6) is -0.0695. The van der Waals surface area contributed by atoms with Gasteiger partial charge in [-0.3, -0.25) is 4.52 Å². The minimum Gasteiger partial charge on any atom is -0.862 e. The van der Waals surface area contributed by atoms with Crippen LogP contribution in [-0.2, 0) is 6.54 Å². The maximum absolute atomic E-state index is 10.9. The fourth-order valence-electron chi connectivity index (χ4n) is 1.12. The van der Waals surface area contributed by atoms with E-state index in [1.165, 1.54) is 11.7 Å². The molecule has 0 radical (unpaired) electrons. The maximum Gasteiger partial charge on any atom is 0.328 e. The van der Waals surface area contributed by atoms with Crippen molar-refractivity contribution < 1.29 is 14.4 Å². The van der Waals surface area contributed by atoms with Crippen LogP contribution in [0.1, 0.15) is 12.6 Å². The third kappa shape index (κ3) is 2.66. The topological polar surface area (TPSA) is 80.6 Å². The average molecular weight is 213 g/mol. The van der Waals surface area contributed by atoms with Gasteiger partial charge in [0.15, 0.2) is 0 Å². The van der Waals surface area contributed by atoms with Gasteiger partial charge >= 0.3 is 11.6 Å². The van der Waals surface area contributed by atoms with Gasteiger partial charge in [0.2, 0.25) is 5.27 Å². The zero-order valence-electron chi connectivity index (χ0n) is 9.31. The minimum absolute atomic E-state index is 0.241. The molecule has 0 atom stereocenters. The van der Waals surface area contributed by atoms with Crippen molar-refractivity contribution in [1.29, 1.82) is 0 Å². The highest BCUT2D eigenvalue weighted by molar-refractivity contribution is 5.71. The molecule has 1 aromatic rings. The van der Waals surface area contributed by atoms with Crippen LogP contribution in [0.5, 0.6) is 0 Å². The van der Waals surface area contributed by atoms with Crippen LogP contribution in [0.25, 0.3) is 0 Å². The second kappa shape index (κ2) is 4.74. The molecule has 15 heavy (non-hydrogen) atoms. The Balaban J connectivity index is 3.11. The Labute approximate surface area is 88.0 Å². The van der Waals surface area contributed by atoms with Gasteiger partial charge in [0.1, 0.15) is 0 Å². The maximum atomic E-state index is 10.9. The average Bonchev–Trinajstić information content (AvgIpc) is 2.48. The molecule has 0 spiro atoms. The van der Waals surface area contributed by atoms with Crippen LogP contribution in [0.4, 0.5) is 5.88 Å². The molecule has 0 aromatic carbocycles. The third-order valence-electron chi connectivity index (χ3n) is 1.68. The first kappa shape index (κ1) is 11.4. The van der Waals surface area contributed by atoms with Gasteiger partial charge in [0.25, 0.3) is 0 Å². The Hall–Kier alpha value is -1.63. The van der Waals surface area contributed by atoms with Crippen LogP contribution >= 0.6 is 0 Å². The first-order valence-electron chi connectivity index (χ1n) is 4.51. The van der Waals surface area contributed by atoms with Gasteiger partial charge in [-0.05, 0) is 19.9 Å². The molecule has 0 saturated carbocycles. The lowest BCUT2D eigenvalue weighted by molar-refractivity contribution is -0.759. The van der Waals surface area contributed by atoms with Gasteiger partial charge < -0.3 is 10.4 Å². The second-order valence-corrected chi connectivity index (χ2v) is 3.22. The summed E-state index contributed by atoms with van der Waals surface area (Å²) in [6, 6.07) is 0. The molecule has 1 N–H and O–H groups in total. The zero-order chi connectivity index (χ0) is 11.4. The van der Waals surface area contributed by atoms with Crippen molar-refractivity contribution in [3.05, 3.63) is 5.69 Å². The van der Waals surface area contributed by atoms with E-state index in [-0.39, 0.29) is 11.8 Å². The van der Waals surface area contributed by atoms with Gasteiger partial charge in [0, 0.05) is 0 Å². The summed E-state index contributed by atoms with van der Waals surface area (Å²) < 4.78 is 4.96. The number of aliphatic imine (C=N–C) groups is 1. The number of hydrogen-bond donors (Lipinski definition) is 1. The fraction of sp³-hybridized carbons (Fsp3) is 0.625. The van der Waals surface area contributed by atoms with Gasteiger partial charge in [-0.15, -0.1) is 0 Å². The van der Waals surface area contributed by atoms with Gasteiger partial charge in [-0.1, -0.05) is 0 Å². The Bertz CT molecular complexity index is 354. The number of rotatable bonds is 4. The second-order valence-electron chi connectivity index (χ2n) is 3.22. The summed E-state index contributed by atoms with van der Waals surface area (Å²) in [4.78, 5) is 5.27. The van der Waals surface area contributed by atoms with Crippen molar-refractivity contribution in [2.24, 2.45) is 4.99 Å². The Morgan fingerprint density at radius 1 is 1.67 bits per heavy atom. The molecule has 0 unspecified atom stereocenters. The molecule has 7 heteroatoms. The number of nitrogens with zero attached hydrogens (tertiary/aromatic N) is 4. The molecule has 0 aliphatic heterocycles. The van der Waals surface area contributed by atoms with E-state index in [0.717, 1.165) is 0 Å². The van der Waals surface area contributed by atoms with E-state index in [9.17, 15) is 5.11 Å². The molecular weight excluding hydrogens is 198 g/mol. The van der Waals surface area contributed by atoms with E-state index in [1.54, 1.807) is 12.1 Å². The number of hydrogen-bond acceptors (Lipinski definition) is 6. The monoisotopic (exact) mass is 213 g/mol. The summed E-state index contributed by atoms with van der Waals surface area (Å²) in [6.07, 6.45) is 0. The molecule has 0 aliphatic rings. The van der Waals surface area contributed by atoms with Crippen molar-refractivity contribution in [3.63, 3.8) is 0 Å². The van der Waals surface area contributed by atoms with Crippen molar-refractivity contribution >= 4 is 11.8 Å². The largest absolute Gasteiger partial charge is 0.862 e. The van der Waals surface area contributed by atoms with Crippen LogP contribution in [-0.4, -0.2) is 32.3 Å². The quantitative estimate of drug-likeness (QED) is 0.366. The third-order valence-corrected chi connectivity index (χ3v) is 1.68. The van der Waals surface area contributed by atoms with Crippen LogP contribution < -0.4 is 20.2 Å². The van der Waals surface area contributed by atoms with Gasteiger partial charge in [-0.25, -0.2) is 4.99 Å². The van der Waals surface area contributed by atoms with Gasteiger partial charge in [0.05, 0.1) is 25.4 Å².